The third-order valence-electron chi connectivity index (χ3n) is 4.12. The zero-order valence-corrected chi connectivity index (χ0v) is 15.8. The first-order chi connectivity index (χ1) is 13.4. The van der Waals surface area contributed by atoms with Gasteiger partial charge < -0.3 is 5.32 Å². The Hall–Kier alpha value is -3.05. The van der Waals surface area contributed by atoms with Gasteiger partial charge in [0, 0.05) is 23.9 Å². The topological polar surface area (TPSA) is 42.0 Å². The van der Waals surface area contributed by atoms with Gasteiger partial charge in [-0.3, -0.25) is 4.79 Å². The average molecular weight is 399 g/mol. The summed E-state index contributed by atoms with van der Waals surface area (Å²) in [5, 5.41) is 3.26. The number of nitrogens with one attached hydrogen (secondary N) is 1. The maximum Gasteiger partial charge on any atom is 0.244 e. The van der Waals surface area contributed by atoms with E-state index in [1.165, 1.54) is 12.2 Å². The Balaban J connectivity index is 1.69. The molecule has 0 saturated carbocycles. The summed E-state index contributed by atoms with van der Waals surface area (Å²) in [6.45, 7) is 1.85. The van der Waals surface area contributed by atoms with Gasteiger partial charge in [-0.2, -0.15) is 0 Å². The van der Waals surface area contributed by atoms with Crippen molar-refractivity contribution in [2.45, 2.75) is 13.0 Å². The van der Waals surface area contributed by atoms with Gasteiger partial charge in [-0.1, -0.05) is 29.8 Å². The fourth-order valence-corrected chi connectivity index (χ4v) is 2.83. The second-order valence-electron chi connectivity index (χ2n) is 6.26. The molecule has 3 rings (SSSR count). The van der Waals surface area contributed by atoms with Gasteiger partial charge in [0.05, 0.1) is 6.04 Å². The molecule has 0 spiro atoms. The van der Waals surface area contributed by atoms with Gasteiger partial charge in [0.25, 0.3) is 0 Å². The van der Waals surface area contributed by atoms with Crippen LogP contribution < -0.4 is 5.32 Å². The van der Waals surface area contributed by atoms with Crippen LogP contribution in [0, 0.1) is 11.6 Å². The summed E-state index contributed by atoms with van der Waals surface area (Å²) in [5.41, 5.74) is 3.05. The Kier molecular flexibility index (Phi) is 6.16. The molecule has 0 aliphatic carbocycles. The van der Waals surface area contributed by atoms with E-state index in [4.69, 9.17) is 11.6 Å². The molecule has 3 aromatic rings. The number of rotatable bonds is 5. The molecule has 0 radical (unpaired) electrons. The van der Waals surface area contributed by atoms with Gasteiger partial charge in [0.15, 0.2) is 0 Å². The van der Waals surface area contributed by atoms with E-state index in [1.54, 1.807) is 12.3 Å². The fourth-order valence-electron chi connectivity index (χ4n) is 2.72. The Morgan fingerprint density at radius 2 is 1.82 bits per heavy atom. The molecule has 0 aliphatic heterocycles. The molecule has 3 nitrogen and oxygen atoms in total. The first-order valence-corrected chi connectivity index (χ1v) is 8.95. The molecule has 0 bridgehead atoms. The van der Waals surface area contributed by atoms with Crippen LogP contribution in [0.15, 0.2) is 66.9 Å². The minimum Gasteiger partial charge on any atom is -0.346 e. The van der Waals surface area contributed by atoms with Gasteiger partial charge in [0.1, 0.15) is 16.8 Å². The van der Waals surface area contributed by atoms with Crippen molar-refractivity contribution in [2.24, 2.45) is 0 Å². The molecule has 2 aromatic carbocycles. The van der Waals surface area contributed by atoms with E-state index in [2.05, 4.69) is 10.3 Å². The van der Waals surface area contributed by atoms with E-state index in [9.17, 15) is 13.6 Å². The molecule has 1 amide bonds. The number of carbonyl (C=O) groups is 1. The highest BCUT2D eigenvalue weighted by Crippen LogP contribution is 2.23. The lowest BCUT2D eigenvalue weighted by molar-refractivity contribution is -0.117. The Morgan fingerprint density at radius 1 is 1.07 bits per heavy atom. The van der Waals surface area contributed by atoms with Gasteiger partial charge in [-0.15, -0.1) is 0 Å². The standard InChI is InChI=1S/C22H17ClF2N2O/c1-14(27-22(28)8-5-15-9-19(24)12-20(25)10-15)16-3-2-4-17(11-16)18-6-7-21(23)26-13-18/h2-14H,1H3,(H,27,28)/b8-5-/t14-/m0/s1. The second-order valence-corrected chi connectivity index (χ2v) is 6.65. The lowest BCUT2D eigenvalue weighted by Gasteiger charge is -2.14. The van der Waals surface area contributed by atoms with Crippen LogP contribution in [0.4, 0.5) is 8.78 Å². The Bertz CT molecular complexity index is 999. The average Bonchev–Trinajstić information content (AvgIpc) is 2.66. The van der Waals surface area contributed by atoms with Crippen molar-refractivity contribution in [3.05, 3.63) is 94.8 Å². The highest BCUT2D eigenvalue weighted by atomic mass is 35.5. The summed E-state index contributed by atoms with van der Waals surface area (Å²) in [7, 11) is 0. The molecule has 6 heteroatoms. The summed E-state index contributed by atoms with van der Waals surface area (Å²) in [4.78, 5) is 16.2. The predicted octanol–water partition coefficient (Wildman–Crippen LogP) is 5.57. The summed E-state index contributed by atoms with van der Waals surface area (Å²) >= 11 is 5.82. The SMILES string of the molecule is C[C@H](NC(=O)/C=C\c1cc(F)cc(F)c1)c1cccc(-c2ccc(Cl)nc2)c1. The first-order valence-electron chi connectivity index (χ1n) is 8.57. The number of hydrogen-bond acceptors (Lipinski definition) is 2. The molecular weight excluding hydrogens is 382 g/mol. The van der Waals surface area contributed by atoms with Crippen molar-refractivity contribution in [1.29, 1.82) is 0 Å². The van der Waals surface area contributed by atoms with Crippen LogP contribution in [-0.4, -0.2) is 10.9 Å². The van der Waals surface area contributed by atoms with Crippen molar-refractivity contribution in [3.8, 4) is 11.1 Å². The van der Waals surface area contributed by atoms with Crippen LogP contribution in [0.1, 0.15) is 24.1 Å². The number of pyridine rings is 1. The zero-order valence-electron chi connectivity index (χ0n) is 15.0. The van der Waals surface area contributed by atoms with E-state index in [-0.39, 0.29) is 17.5 Å². The highest BCUT2D eigenvalue weighted by Gasteiger charge is 2.09. The normalized spacial score (nSPS) is 12.1. The van der Waals surface area contributed by atoms with Crippen molar-refractivity contribution in [1.82, 2.24) is 10.3 Å². The third-order valence-corrected chi connectivity index (χ3v) is 4.34. The van der Waals surface area contributed by atoms with Gasteiger partial charge in [0.2, 0.25) is 5.91 Å². The monoisotopic (exact) mass is 398 g/mol. The summed E-state index contributed by atoms with van der Waals surface area (Å²) in [5.74, 6) is -1.75. The van der Waals surface area contributed by atoms with Crippen molar-refractivity contribution < 1.29 is 13.6 Å². The lowest BCUT2D eigenvalue weighted by atomic mass is 10.0. The number of halogens is 3. The van der Waals surface area contributed by atoms with Crippen LogP contribution in [0.25, 0.3) is 17.2 Å². The van der Waals surface area contributed by atoms with E-state index < -0.39 is 11.6 Å². The van der Waals surface area contributed by atoms with E-state index in [0.717, 1.165) is 34.9 Å². The minimum absolute atomic E-state index is 0.262. The smallest absolute Gasteiger partial charge is 0.244 e. The minimum atomic E-state index is -0.693. The van der Waals surface area contributed by atoms with Crippen LogP contribution in [0.3, 0.4) is 0 Å². The van der Waals surface area contributed by atoms with E-state index >= 15 is 0 Å². The maximum absolute atomic E-state index is 13.2. The van der Waals surface area contributed by atoms with Gasteiger partial charge in [-0.25, -0.2) is 13.8 Å². The van der Waals surface area contributed by atoms with Crippen molar-refractivity contribution in [3.63, 3.8) is 0 Å². The molecule has 0 fully saturated rings. The molecule has 1 atom stereocenters. The second kappa shape index (κ2) is 8.76. The molecule has 1 aromatic heterocycles. The number of amides is 1. The number of aromatic nitrogens is 1. The molecule has 142 valence electrons. The largest absolute Gasteiger partial charge is 0.346 e. The number of benzene rings is 2. The number of carbonyl (C=O) groups excluding carboxylic acids is 1. The molecule has 0 unspecified atom stereocenters. The number of hydrogen-bond donors (Lipinski definition) is 1. The van der Waals surface area contributed by atoms with Gasteiger partial charge in [-0.05, 0) is 60.0 Å². The van der Waals surface area contributed by atoms with Crippen molar-refractivity contribution in [2.75, 3.05) is 0 Å². The summed E-state index contributed by atoms with van der Waals surface area (Å²) < 4.78 is 26.4. The van der Waals surface area contributed by atoms with Crippen LogP contribution in [-0.2, 0) is 4.79 Å². The lowest BCUT2D eigenvalue weighted by Crippen LogP contribution is -2.24. The number of nitrogens with zero attached hydrogens (tertiary/aromatic N) is 1. The fraction of sp³-hybridized carbons (Fsp3) is 0.0909. The summed E-state index contributed by atoms with van der Waals surface area (Å²) in [6.07, 6.45) is 4.30. The van der Waals surface area contributed by atoms with Crippen LogP contribution >= 0.6 is 11.6 Å². The molecule has 28 heavy (non-hydrogen) atoms. The van der Waals surface area contributed by atoms with Crippen LogP contribution in [0.2, 0.25) is 5.15 Å². The van der Waals surface area contributed by atoms with Crippen LogP contribution in [0.5, 0.6) is 0 Å². The predicted molar refractivity (Wildman–Crippen MR) is 107 cm³/mol. The molecule has 0 saturated heterocycles. The highest BCUT2D eigenvalue weighted by molar-refractivity contribution is 6.29. The third kappa shape index (κ3) is 5.24. The van der Waals surface area contributed by atoms with Gasteiger partial charge >= 0.3 is 0 Å². The molecular formula is C22H17ClF2N2O. The van der Waals surface area contributed by atoms with Crippen molar-refractivity contribution >= 4 is 23.6 Å². The quantitative estimate of drug-likeness (QED) is 0.451. The maximum atomic E-state index is 13.2. The Morgan fingerprint density at radius 3 is 2.50 bits per heavy atom. The summed E-state index contributed by atoms with van der Waals surface area (Å²) in [6, 6.07) is 14.1. The molecule has 1 N–H and O–H groups in total. The van der Waals surface area contributed by atoms with E-state index in [0.29, 0.717) is 5.15 Å². The first kappa shape index (κ1) is 19.7. The van der Waals surface area contributed by atoms with E-state index in [1.807, 2.05) is 37.3 Å². The zero-order chi connectivity index (χ0) is 20.1. The Labute approximate surface area is 166 Å². The molecule has 0 aliphatic rings. The molecule has 1 heterocycles.